The number of nitrogens with zero attached hydrogens (tertiary/aromatic N) is 3. The van der Waals surface area contributed by atoms with E-state index in [9.17, 15) is 4.39 Å². The van der Waals surface area contributed by atoms with E-state index < -0.39 is 0 Å². The molecule has 0 spiro atoms. The van der Waals surface area contributed by atoms with Crippen molar-refractivity contribution in [1.82, 2.24) is 9.97 Å². The summed E-state index contributed by atoms with van der Waals surface area (Å²) in [5, 5.41) is 2.82. The summed E-state index contributed by atoms with van der Waals surface area (Å²) in [6.45, 7) is 1.22. The number of anilines is 2. The van der Waals surface area contributed by atoms with Crippen LogP contribution in [0, 0.1) is 5.82 Å². The highest BCUT2D eigenvalue weighted by Gasteiger charge is 2.31. The van der Waals surface area contributed by atoms with Crippen molar-refractivity contribution in [3.63, 3.8) is 0 Å². The number of halogens is 1. The van der Waals surface area contributed by atoms with Gasteiger partial charge in [0.2, 0.25) is 5.95 Å². The second-order valence-electron chi connectivity index (χ2n) is 4.03. The van der Waals surface area contributed by atoms with Crippen LogP contribution in [0.15, 0.2) is 6.20 Å². The lowest BCUT2D eigenvalue weighted by Gasteiger charge is -2.23. The lowest BCUT2D eigenvalue weighted by molar-refractivity contribution is 0.204. The lowest BCUT2D eigenvalue weighted by atomic mass is 10.4. The first-order chi connectivity index (χ1) is 8.26. The van der Waals surface area contributed by atoms with Gasteiger partial charge in [0, 0.05) is 26.7 Å². The molecule has 0 amide bonds. The Hall–Kier alpha value is -1.43. The first kappa shape index (κ1) is 12.0. The fourth-order valence-electron chi connectivity index (χ4n) is 1.72. The third kappa shape index (κ3) is 2.82. The molecule has 1 aromatic rings. The predicted octanol–water partition coefficient (Wildman–Crippen LogP) is 1.27. The van der Waals surface area contributed by atoms with Crippen LogP contribution < -0.4 is 10.2 Å². The summed E-state index contributed by atoms with van der Waals surface area (Å²) < 4.78 is 18.8. The zero-order valence-corrected chi connectivity index (χ0v) is 10.1. The van der Waals surface area contributed by atoms with E-state index in [-0.39, 0.29) is 5.82 Å². The number of aromatic nitrogens is 2. The molecule has 1 aliphatic rings. The van der Waals surface area contributed by atoms with Crippen LogP contribution in [0.2, 0.25) is 0 Å². The third-order valence-corrected chi connectivity index (χ3v) is 2.75. The highest BCUT2D eigenvalue weighted by atomic mass is 19.1. The van der Waals surface area contributed by atoms with Gasteiger partial charge in [-0.2, -0.15) is 4.98 Å². The molecule has 1 aromatic heterocycles. The summed E-state index contributed by atoms with van der Waals surface area (Å²) in [4.78, 5) is 9.98. The van der Waals surface area contributed by atoms with Crippen molar-refractivity contribution in [1.29, 1.82) is 0 Å². The topological polar surface area (TPSA) is 50.3 Å². The zero-order valence-electron chi connectivity index (χ0n) is 10.1. The molecule has 0 radical (unpaired) electrons. The number of nitrogens with one attached hydrogen (secondary N) is 1. The Bertz CT molecular complexity index is 384. The standard InChI is InChI=1S/C11H17FN4O/c1-13-11-14-7-9(12)10(15-11)16(5-6-17-2)8-3-4-8/h7-8H,3-6H2,1-2H3,(H,13,14,15). The van der Waals surface area contributed by atoms with Crippen LogP contribution in [0.5, 0.6) is 0 Å². The summed E-state index contributed by atoms with van der Waals surface area (Å²) in [6.07, 6.45) is 3.38. The molecule has 0 saturated heterocycles. The van der Waals surface area contributed by atoms with Gasteiger partial charge in [0.25, 0.3) is 0 Å². The first-order valence-corrected chi connectivity index (χ1v) is 5.72. The van der Waals surface area contributed by atoms with Crippen LogP contribution in [0.25, 0.3) is 0 Å². The van der Waals surface area contributed by atoms with Crippen LogP contribution >= 0.6 is 0 Å². The first-order valence-electron chi connectivity index (χ1n) is 5.72. The monoisotopic (exact) mass is 240 g/mol. The van der Waals surface area contributed by atoms with Gasteiger partial charge in [-0.3, -0.25) is 0 Å². The fourth-order valence-corrected chi connectivity index (χ4v) is 1.72. The van der Waals surface area contributed by atoms with E-state index in [0.717, 1.165) is 12.8 Å². The molecule has 1 saturated carbocycles. The maximum absolute atomic E-state index is 13.7. The van der Waals surface area contributed by atoms with Gasteiger partial charge in [-0.05, 0) is 12.8 Å². The molecule has 0 aromatic carbocycles. The van der Waals surface area contributed by atoms with Gasteiger partial charge in [0.05, 0.1) is 12.8 Å². The van der Waals surface area contributed by atoms with E-state index in [1.54, 1.807) is 14.2 Å². The smallest absolute Gasteiger partial charge is 0.224 e. The molecular weight excluding hydrogens is 223 g/mol. The van der Waals surface area contributed by atoms with Crippen LogP contribution in [0.3, 0.4) is 0 Å². The van der Waals surface area contributed by atoms with E-state index >= 15 is 0 Å². The van der Waals surface area contributed by atoms with Gasteiger partial charge in [-0.25, -0.2) is 9.37 Å². The Morgan fingerprint density at radius 3 is 2.94 bits per heavy atom. The summed E-state index contributed by atoms with van der Waals surface area (Å²) in [7, 11) is 3.36. The molecule has 5 nitrogen and oxygen atoms in total. The van der Waals surface area contributed by atoms with Crippen LogP contribution in [-0.2, 0) is 4.74 Å². The molecule has 0 bridgehead atoms. The van der Waals surface area contributed by atoms with Crippen LogP contribution in [0.4, 0.5) is 16.2 Å². The molecule has 1 heterocycles. The van der Waals surface area contributed by atoms with Crippen LogP contribution in [0.1, 0.15) is 12.8 Å². The number of hydrogen-bond acceptors (Lipinski definition) is 5. The minimum atomic E-state index is -0.382. The van der Waals surface area contributed by atoms with E-state index in [2.05, 4.69) is 15.3 Å². The lowest BCUT2D eigenvalue weighted by Crippen LogP contribution is -2.31. The molecule has 94 valence electrons. The van der Waals surface area contributed by atoms with Gasteiger partial charge in [0.1, 0.15) is 0 Å². The minimum Gasteiger partial charge on any atom is -0.383 e. The fraction of sp³-hybridized carbons (Fsp3) is 0.636. The van der Waals surface area contributed by atoms with Crippen LogP contribution in [-0.4, -0.2) is 43.3 Å². The Balaban J connectivity index is 2.21. The Kier molecular flexibility index (Phi) is 3.73. The largest absolute Gasteiger partial charge is 0.383 e. The summed E-state index contributed by atoms with van der Waals surface area (Å²) in [5.41, 5.74) is 0. The average molecular weight is 240 g/mol. The van der Waals surface area contributed by atoms with Gasteiger partial charge < -0.3 is 15.0 Å². The van der Waals surface area contributed by atoms with Crippen molar-refractivity contribution < 1.29 is 9.13 Å². The minimum absolute atomic E-state index is 0.365. The second-order valence-corrected chi connectivity index (χ2v) is 4.03. The van der Waals surface area contributed by atoms with Crippen molar-refractivity contribution in [2.75, 3.05) is 37.5 Å². The predicted molar refractivity (Wildman–Crippen MR) is 63.8 cm³/mol. The quantitative estimate of drug-likeness (QED) is 0.811. The van der Waals surface area contributed by atoms with Crippen molar-refractivity contribution >= 4 is 11.8 Å². The van der Waals surface area contributed by atoms with Crippen molar-refractivity contribution in [3.05, 3.63) is 12.0 Å². The van der Waals surface area contributed by atoms with Gasteiger partial charge in [-0.15, -0.1) is 0 Å². The van der Waals surface area contributed by atoms with Crippen molar-refractivity contribution in [2.24, 2.45) is 0 Å². The van der Waals surface area contributed by atoms with Gasteiger partial charge in [-0.1, -0.05) is 0 Å². The van der Waals surface area contributed by atoms with E-state index in [0.29, 0.717) is 31.0 Å². The summed E-state index contributed by atoms with van der Waals surface area (Å²) in [5.74, 6) is 0.417. The molecule has 1 fully saturated rings. The number of hydrogen-bond donors (Lipinski definition) is 1. The molecule has 0 unspecified atom stereocenters. The molecule has 1 N–H and O–H groups in total. The Morgan fingerprint density at radius 1 is 1.59 bits per heavy atom. The Morgan fingerprint density at radius 2 is 2.35 bits per heavy atom. The maximum atomic E-state index is 13.7. The highest BCUT2D eigenvalue weighted by molar-refractivity contribution is 5.46. The highest BCUT2D eigenvalue weighted by Crippen LogP contribution is 2.31. The zero-order chi connectivity index (χ0) is 12.3. The van der Waals surface area contributed by atoms with Gasteiger partial charge >= 0.3 is 0 Å². The molecule has 6 heteroatoms. The van der Waals surface area contributed by atoms with E-state index in [4.69, 9.17) is 4.74 Å². The second kappa shape index (κ2) is 5.27. The molecule has 1 aliphatic carbocycles. The molecular formula is C11H17FN4O. The summed E-state index contributed by atoms with van der Waals surface area (Å²) >= 11 is 0. The maximum Gasteiger partial charge on any atom is 0.224 e. The molecule has 17 heavy (non-hydrogen) atoms. The number of ether oxygens (including phenoxy) is 1. The average Bonchev–Trinajstić information content (AvgIpc) is 3.16. The normalized spacial score (nSPS) is 14.8. The number of rotatable bonds is 6. The SMILES string of the molecule is CNc1ncc(F)c(N(CCOC)C2CC2)n1. The number of methoxy groups -OCH3 is 1. The van der Waals surface area contributed by atoms with Gasteiger partial charge in [0.15, 0.2) is 11.6 Å². The van der Waals surface area contributed by atoms with E-state index in [1.165, 1.54) is 6.20 Å². The molecule has 0 aliphatic heterocycles. The third-order valence-electron chi connectivity index (χ3n) is 2.75. The molecule has 0 atom stereocenters. The van der Waals surface area contributed by atoms with Crippen molar-refractivity contribution in [2.45, 2.75) is 18.9 Å². The van der Waals surface area contributed by atoms with E-state index in [1.807, 2.05) is 4.90 Å². The molecule has 2 rings (SSSR count). The van der Waals surface area contributed by atoms with Crippen molar-refractivity contribution in [3.8, 4) is 0 Å². The Labute approximate surface area is 100 Å². The summed E-state index contributed by atoms with van der Waals surface area (Å²) in [6, 6.07) is 0.388.